The summed E-state index contributed by atoms with van der Waals surface area (Å²) in [4.78, 5) is 38.2. The SMILES string of the molecule is CCCCCCCC/C=C\C/C=C\C/C=C\CCCC(=O)OCC(COC(=O)CCC/C=C\C/C=C\C/C=C\CCCCCCCC)OC(=O)CCCCCCCCCCC/C=C\CCCCCCCC. The lowest BCUT2D eigenvalue weighted by molar-refractivity contribution is -0.167. The van der Waals surface area contributed by atoms with Crippen LogP contribution in [0.3, 0.4) is 0 Å². The molecule has 0 saturated carbocycles. The molecule has 0 aromatic rings. The van der Waals surface area contributed by atoms with E-state index in [-0.39, 0.29) is 44.0 Å². The Morgan fingerprint density at radius 1 is 0.282 bits per heavy atom. The molecule has 0 spiro atoms. The van der Waals surface area contributed by atoms with Gasteiger partial charge in [-0.15, -0.1) is 0 Å². The van der Waals surface area contributed by atoms with Crippen molar-refractivity contribution in [2.75, 3.05) is 13.2 Å². The fourth-order valence-corrected chi connectivity index (χ4v) is 8.29. The quantitative estimate of drug-likeness (QED) is 0.0261. The van der Waals surface area contributed by atoms with E-state index in [0.29, 0.717) is 19.3 Å². The standard InChI is InChI=1S/C65H112O6/c1-4-7-10-13-16-19-22-25-28-31-32-35-38-41-44-47-50-53-56-59-65(68)71-62(60-69-63(66)57-54-51-48-45-42-39-36-33-29-26-23-20-17-14-11-8-5-2)61-70-64(67)58-55-52-49-46-43-40-37-34-30-27-24-21-18-15-12-9-6-3/h25-30,36-37,39-40,45-46,48-49,62H,4-24,31-35,38,41-44,47,50-61H2,1-3H3/b28-25-,29-26-,30-27-,39-36-,40-37-,48-45-,49-46-. The third-order valence-corrected chi connectivity index (χ3v) is 12.8. The summed E-state index contributed by atoms with van der Waals surface area (Å²) >= 11 is 0. The van der Waals surface area contributed by atoms with Gasteiger partial charge in [-0.2, -0.15) is 0 Å². The first kappa shape index (κ1) is 67.6. The van der Waals surface area contributed by atoms with Gasteiger partial charge in [-0.1, -0.05) is 247 Å². The molecule has 0 amide bonds. The van der Waals surface area contributed by atoms with E-state index in [9.17, 15) is 14.4 Å². The van der Waals surface area contributed by atoms with Gasteiger partial charge in [-0.3, -0.25) is 14.4 Å². The molecule has 0 atom stereocenters. The number of carbonyl (C=O) groups is 3. The summed E-state index contributed by atoms with van der Waals surface area (Å²) in [6.45, 7) is 6.55. The average molecular weight is 990 g/mol. The van der Waals surface area contributed by atoms with Crippen LogP contribution >= 0.6 is 0 Å². The summed E-state index contributed by atoms with van der Waals surface area (Å²) < 4.78 is 16.8. The van der Waals surface area contributed by atoms with Crippen molar-refractivity contribution in [3.63, 3.8) is 0 Å². The number of hydrogen-bond acceptors (Lipinski definition) is 6. The lowest BCUT2D eigenvalue weighted by atomic mass is 10.1. The van der Waals surface area contributed by atoms with Crippen molar-refractivity contribution in [1.29, 1.82) is 0 Å². The van der Waals surface area contributed by atoms with Gasteiger partial charge in [0.2, 0.25) is 0 Å². The second kappa shape index (κ2) is 59.2. The van der Waals surface area contributed by atoms with Gasteiger partial charge in [-0.25, -0.2) is 0 Å². The molecule has 0 aliphatic rings. The summed E-state index contributed by atoms with van der Waals surface area (Å²) in [5, 5.41) is 0. The highest BCUT2D eigenvalue weighted by Crippen LogP contribution is 2.15. The Morgan fingerprint density at radius 3 is 0.845 bits per heavy atom. The highest BCUT2D eigenvalue weighted by molar-refractivity contribution is 5.71. The number of rotatable bonds is 54. The van der Waals surface area contributed by atoms with E-state index < -0.39 is 6.10 Å². The molecule has 0 aliphatic carbocycles. The van der Waals surface area contributed by atoms with Gasteiger partial charge in [0.15, 0.2) is 6.10 Å². The zero-order valence-electron chi connectivity index (χ0n) is 46.7. The van der Waals surface area contributed by atoms with Gasteiger partial charge in [0.25, 0.3) is 0 Å². The fourth-order valence-electron chi connectivity index (χ4n) is 8.29. The number of hydrogen-bond donors (Lipinski definition) is 0. The molecule has 0 saturated heterocycles. The van der Waals surface area contributed by atoms with Gasteiger partial charge < -0.3 is 14.2 Å². The topological polar surface area (TPSA) is 78.9 Å². The summed E-state index contributed by atoms with van der Waals surface area (Å²) in [7, 11) is 0. The Labute approximate surface area is 439 Å². The van der Waals surface area contributed by atoms with Crippen LogP contribution in [-0.2, 0) is 28.6 Å². The average Bonchev–Trinajstić information content (AvgIpc) is 3.37. The summed E-state index contributed by atoms with van der Waals surface area (Å²) in [5.41, 5.74) is 0. The first-order valence-corrected chi connectivity index (χ1v) is 30.1. The monoisotopic (exact) mass is 989 g/mol. The minimum Gasteiger partial charge on any atom is -0.462 e. The van der Waals surface area contributed by atoms with Crippen LogP contribution in [0.1, 0.15) is 290 Å². The Kier molecular flexibility index (Phi) is 56.3. The van der Waals surface area contributed by atoms with E-state index in [0.717, 1.165) is 57.8 Å². The molecule has 0 radical (unpaired) electrons. The maximum Gasteiger partial charge on any atom is 0.306 e. The highest BCUT2D eigenvalue weighted by Gasteiger charge is 2.19. The van der Waals surface area contributed by atoms with E-state index in [1.165, 1.54) is 180 Å². The zero-order chi connectivity index (χ0) is 51.4. The molecule has 0 N–H and O–H groups in total. The van der Waals surface area contributed by atoms with Crippen molar-refractivity contribution in [2.45, 2.75) is 297 Å². The van der Waals surface area contributed by atoms with E-state index >= 15 is 0 Å². The normalized spacial score (nSPS) is 12.3. The van der Waals surface area contributed by atoms with Gasteiger partial charge >= 0.3 is 17.9 Å². The molecule has 0 rings (SSSR count). The molecule has 71 heavy (non-hydrogen) atoms. The molecule has 0 fully saturated rings. The van der Waals surface area contributed by atoms with Gasteiger partial charge in [0.05, 0.1) is 0 Å². The summed E-state index contributed by atoms with van der Waals surface area (Å²) in [5.74, 6) is -1.01. The third-order valence-electron chi connectivity index (χ3n) is 12.8. The smallest absolute Gasteiger partial charge is 0.306 e. The molecule has 0 unspecified atom stereocenters. The van der Waals surface area contributed by atoms with Crippen LogP contribution in [0.15, 0.2) is 85.1 Å². The van der Waals surface area contributed by atoms with E-state index in [2.05, 4.69) is 106 Å². The number of carbonyl (C=O) groups excluding carboxylic acids is 3. The predicted octanol–water partition coefficient (Wildman–Crippen LogP) is 20.3. The second-order valence-electron chi connectivity index (χ2n) is 19.9. The fraction of sp³-hybridized carbons (Fsp3) is 0.738. The molecule has 0 aliphatic heterocycles. The molecule has 6 nitrogen and oxygen atoms in total. The van der Waals surface area contributed by atoms with Crippen LogP contribution in [-0.4, -0.2) is 37.2 Å². The van der Waals surface area contributed by atoms with Gasteiger partial charge in [-0.05, 0) is 109 Å². The van der Waals surface area contributed by atoms with Crippen molar-refractivity contribution in [3.05, 3.63) is 85.1 Å². The molecule has 0 bridgehead atoms. The molecule has 0 aromatic heterocycles. The summed E-state index contributed by atoms with van der Waals surface area (Å²) in [6, 6.07) is 0. The van der Waals surface area contributed by atoms with Crippen molar-refractivity contribution in [1.82, 2.24) is 0 Å². The lowest BCUT2D eigenvalue weighted by Gasteiger charge is -2.18. The lowest BCUT2D eigenvalue weighted by Crippen LogP contribution is -2.30. The van der Waals surface area contributed by atoms with Crippen molar-refractivity contribution < 1.29 is 28.6 Å². The number of esters is 3. The van der Waals surface area contributed by atoms with Crippen LogP contribution < -0.4 is 0 Å². The maximum absolute atomic E-state index is 12.9. The van der Waals surface area contributed by atoms with Crippen LogP contribution in [0.5, 0.6) is 0 Å². The van der Waals surface area contributed by atoms with Crippen LogP contribution in [0.4, 0.5) is 0 Å². The van der Waals surface area contributed by atoms with E-state index in [1.54, 1.807) is 0 Å². The molecule has 0 heterocycles. The highest BCUT2D eigenvalue weighted by atomic mass is 16.6. The molecule has 0 aromatic carbocycles. The second-order valence-corrected chi connectivity index (χ2v) is 19.9. The Balaban J connectivity index is 4.51. The zero-order valence-corrected chi connectivity index (χ0v) is 46.7. The van der Waals surface area contributed by atoms with Gasteiger partial charge in [0, 0.05) is 19.3 Å². The van der Waals surface area contributed by atoms with Crippen molar-refractivity contribution in [2.24, 2.45) is 0 Å². The minimum atomic E-state index is -0.819. The number of unbranched alkanes of at least 4 members (excludes halogenated alkanes) is 29. The molecular formula is C65H112O6. The van der Waals surface area contributed by atoms with Crippen molar-refractivity contribution in [3.8, 4) is 0 Å². The van der Waals surface area contributed by atoms with Crippen molar-refractivity contribution >= 4 is 17.9 Å². The first-order valence-electron chi connectivity index (χ1n) is 30.1. The minimum absolute atomic E-state index is 0.119. The van der Waals surface area contributed by atoms with Crippen LogP contribution in [0.2, 0.25) is 0 Å². The molecule has 6 heteroatoms. The summed E-state index contributed by atoms with van der Waals surface area (Å²) in [6.07, 6.45) is 77.3. The first-order chi connectivity index (χ1) is 35.0. The molecule has 408 valence electrons. The largest absolute Gasteiger partial charge is 0.462 e. The van der Waals surface area contributed by atoms with Crippen LogP contribution in [0, 0.1) is 0 Å². The number of ether oxygens (including phenoxy) is 3. The van der Waals surface area contributed by atoms with E-state index in [4.69, 9.17) is 14.2 Å². The molecular weight excluding hydrogens is 877 g/mol. The van der Waals surface area contributed by atoms with Gasteiger partial charge in [0.1, 0.15) is 13.2 Å². The van der Waals surface area contributed by atoms with Crippen LogP contribution in [0.25, 0.3) is 0 Å². The van der Waals surface area contributed by atoms with E-state index in [1.807, 2.05) is 0 Å². The predicted molar refractivity (Wildman–Crippen MR) is 307 cm³/mol. The number of allylic oxidation sites excluding steroid dienone is 14. The Hall–Kier alpha value is -3.41. The Bertz CT molecular complexity index is 1300. The maximum atomic E-state index is 12.9. The third kappa shape index (κ3) is 57.4. The Morgan fingerprint density at radius 2 is 0.521 bits per heavy atom.